The van der Waals surface area contributed by atoms with E-state index in [9.17, 15) is 14.7 Å². The van der Waals surface area contributed by atoms with Gasteiger partial charge < -0.3 is 30.0 Å². The number of aliphatic carboxylic acids is 1. The Morgan fingerprint density at radius 2 is 1.97 bits per heavy atom. The minimum atomic E-state index is -1.15. The largest absolute Gasteiger partial charge is 0.550 e. The number of hydrogen-bond acceptors (Lipinski definition) is 9. The predicted octanol–water partition coefficient (Wildman–Crippen LogP) is 0.188. The maximum atomic E-state index is 12.0. The Bertz CT molecular complexity index is 862. The van der Waals surface area contributed by atoms with E-state index in [-0.39, 0.29) is 49.5 Å². The van der Waals surface area contributed by atoms with Crippen LogP contribution in [0.3, 0.4) is 0 Å². The molecule has 10 heteroatoms. The second-order valence-electron chi connectivity index (χ2n) is 6.99. The molecular weight excluding hydrogens is 396 g/mol. The van der Waals surface area contributed by atoms with Gasteiger partial charge in [0.15, 0.2) is 0 Å². The number of ether oxygens (including phenoxy) is 2. The number of amides is 1. The fourth-order valence-corrected chi connectivity index (χ4v) is 4.27. The summed E-state index contributed by atoms with van der Waals surface area (Å²) in [6.45, 7) is 0.759. The molecule has 2 aliphatic heterocycles. The van der Waals surface area contributed by atoms with Gasteiger partial charge in [0.25, 0.3) is 0 Å². The molecule has 2 aliphatic rings. The van der Waals surface area contributed by atoms with Crippen molar-refractivity contribution < 1.29 is 24.2 Å². The lowest BCUT2D eigenvalue weighted by atomic mass is 10.1. The molecule has 0 aliphatic carbocycles. The van der Waals surface area contributed by atoms with Crippen LogP contribution in [0.1, 0.15) is 19.3 Å². The maximum Gasteiger partial charge on any atom is 0.223 e. The Kier molecular flexibility index (Phi) is 6.02. The number of fused-ring (bicyclic) bond motifs is 1. The number of carboxylic acids is 1. The molecule has 2 aromatic heterocycles. The van der Waals surface area contributed by atoms with Crippen molar-refractivity contribution in [3.8, 4) is 10.6 Å². The zero-order valence-corrected chi connectivity index (χ0v) is 16.4. The molecule has 0 bridgehead atoms. The van der Waals surface area contributed by atoms with Crippen molar-refractivity contribution in [2.24, 2.45) is 0 Å². The fraction of sp³-hybridized carbons (Fsp3) is 0.474. The van der Waals surface area contributed by atoms with Gasteiger partial charge in [-0.25, -0.2) is 9.97 Å². The van der Waals surface area contributed by atoms with Gasteiger partial charge in [0.05, 0.1) is 35.9 Å². The third kappa shape index (κ3) is 4.72. The van der Waals surface area contributed by atoms with Crippen LogP contribution in [0.5, 0.6) is 0 Å². The molecule has 0 saturated carbocycles. The molecule has 0 radical (unpaired) electrons. The van der Waals surface area contributed by atoms with E-state index in [1.807, 2.05) is 23.6 Å². The molecule has 29 heavy (non-hydrogen) atoms. The summed E-state index contributed by atoms with van der Waals surface area (Å²) in [5.41, 5.74) is 0.849. The standard InChI is InChI=1S/C19H22N4O5S/c24-15(4-1-5-16(25)26)21-12-9-27-18-13(10-28-17(12)18)23-19-20-7-6-11(22-19)14-3-2-8-29-14/h2-3,6-8,12-13,17-18H,1,4-5,9-10H2,(H,21,24)(H,25,26)(H,20,22,23)/p-1/t12-,13-,17+,18+/m0/s1. The van der Waals surface area contributed by atoms with Crippen LogP contribution in [-0.2, 0) is 19.1 Å². The van der Waals surface area contributed by atoms with Gasteiger partial charge in [-0.15, -0.1) is 11.3 Å². The SMILES string of the molecule is O=C([O-])CCCC(=O)N[C@H]1CO[C@H]2[C@@H]1OC[C@@H]2Nc1nccc(-c2cccs2)n1. The average Bonchev–Trinajstić information content (AvgIpc) is 3.42. The van der Waals surface area contributed by atoms with Crippen molar-refractivity contribution in [3.05, 3.63) is 29.8 Å². The molecule has 154 valence electrons. The first-order valence-corrected chi connectivity index (χ1v) is 10.3. The third-order valence-corrected chi connectivity index (χ3v) is 5.82. The number of carbonyl (C=O) groups is 2. The molecule has 2 saturated heterocycles. The van der Waals surface area contributed by atoms with E-state index in [2.05, 4.69) is 20.6 Å². The molecule has 2 N–H and O–H groups in total. The van der Waals surface area contributed by atoms with Gasteiger partial charge in [-0.3, -0.25) is 4.79 Å². The fourth-order valence-electron chi connectivity index (χ4n) is 3.57. The van der Waals surface area contributed by atoms with Gasteiger partial charge >= 0.3 is 0 Å². The molecular formula is C19H21N4O5S-. The highest BCUT2D eigenvalue weighted by atomic mass is 32.1. The quantitative estimate of drug-likeness (QED) is 0.623. The summed E-state index contributed by atoms with van der Waals surface area (Å²) in [6, 6.07) is 5.46. The van der Waals surface area contributed by atoms with Crippen LogP contribution in [0.4, 0.5) is 5.95 Å². The van der Waals surface area contributed by atoms with Crippen LogP contribution >= 0.6 is 11.3 Å². The zero-order valence-electron chi connectivity index (χ0n) is 15.6. The Hall–Kier alpha value is -2.56. The van der Waals surface area contributed by atoms with Crippen molar-refractivity contribution in [1.82, 2.24) is 15.3 Å². The first-order chi connectivity index (χ1) is 14.1. The summed E-state index contributed by atoms with van der Waals surface area (Å²) in [7, 11) is 0. The number of thiophene rings is 1. The smallest absolute Gasteiger partial charge is 0.223 e. The summed E-state index contributed by atoms with van der Waals surface area (Å²) in [5.74, 6) is -0.864. The number of carboxylic acid groups (broad SMARTS) is 1. The average molecular weight is 417 g/mol. The van der Waals surface area contributed by atoms with E-state index in [1.54, 1.807) is 17.5 Å². The van der Waals surface area contributed by atoms with E-state index in [0.29, 0.717) is 19.2 Å². The zero-order chi connectivity index (χ0) is 20.2. The van der Waals surface area contributed by atoms with Crippen LogP contribution in [-0.4, -0.2) is 59.3 Å². The van der Waals surface area contributed by atoms with Crippen LogP contribution in [0.25, 0.3) is 10.6 Å². The second-order valence-corrected chi connectivity index (χ2v) is 7.94. The molecule has 0 unspecified atom stereocenters. The lowest BCUT2D eigenvalue weighted by Gasteiger charge is -2.18. The molecule has 9 nitrogen and oxygen atoms in total. The van der Waals surface area contributed by atoms with E-state index < -0.39 is 5.97 Å². The lowest BCUT2D eigenvalue weighted by molar-refractivity contribution is -0.305. The summed E-state index contributed by atoms with van der Waals surface area (Å²) >= 11 is 1.61. The van der Waals surface area contributed by atoms with Gasteiger partial charge in [0, 0.05) is 18.6 Å². The Morgan fingerprint density at radius 1 is 1.17 bits per heavy atom. The molecule has 4 atom stereocenters. The summed E-state index contributed by atoms with van der Waals surface area (Å²) in [6.07, 6.45) is 1.47. The molecule has 2 aromatic rings. The molecule has 4 rings (SSSR count). The van der Waals surface area contributed by atoms with Gasteiger partial charge in [0.2, 0.25) is 11.9 Å². The van der Waals surface area contributed by atoms with Crippen LogP contribution in [0.15, 0.2) is 29.8 Å². The van der Waals surface area contributed by atoms with E-state index in [4.69, 9.17) is 9.47 Å². The minimum absolute atomic E-state index is 0.126. The van der Waals surface area contributed by atoms with E-state index >= 15 is 0 Å². The predicted molar refractivity (Wildman–Crippen MR) is 103 cm³/mol. The molecule has 2 fully saturated rings. The maximum absolute atomic E-state index is 12.0. The number of hydrogen-bond donors (Lipinski definition) is 2. The van der Waals surface area contributed by atoms with Crippen molar-refractivity contribution in [3.63, 3.8) is 0 Å². The normalized spacial score (nSPS) is 25.5. The number of aromatic nitrogens is 2. The highest BCUT2D eigenvalue weighted by molar-refractivity contribution is 7.13. The molecule has 1 amide bonds. The van der Waals surface area contributed by atoms with E-state index in [1.165, 1.54) is 0 Å². The number of nitrogens with zero attached hydrogens (tertiary/aromatic N) is 2. The van der Waals surface area contributed by atoms with Gasteiger partial charge in [0.1, 0.15) is 12.2 Å². The van der Waals surface area contributed by atoms with Crippen molar-refractivity contribution >= 4 is 29.2 Å². The summed E-state index contributed by atoms with van der Waals surface area (Å²) in [4.78, 5) is 32.4. The summed E-state index contributed by atoms with van der Waals surface area (Å²) in [5, 5.41) is 18.6. The monoisotopic (exact) mass is 417 g/mol. The van der Waals surface area contributed by atoms with Gasteiger partial charge in [-0.2, -0.15) is 0 Å². The van der Waals surface area contributed by atoms with Crippen LogP contribution in [0.2, 0.25) is 0 Å². The number of rotatable bonds is 8. The number of anilines is 1. The van der Waals surface area contributed by atoms with Crippen LogP contribution < -0.4 is 15.7 Å². The van der Waals surface area contributed by atoms with Crippen LogP contribution in [0, 0.1) is 0 Å². The molecule has 4 heterocycles. The lowest BCUT2D eigenvalue weighted by Crippen LogP contribution is -2.44. The topological polar surface area (TPSA) is 126 Å². The van der Waals surface area contributed by atoms with Crippen molar-refractivity contribution in [2.75, 3.05) is 18.5 Å². The molecule has 0 spiro atoms. The van der Waals surface area contributed by atoms with Gasteiger partial charge in [-0.1, -0.05) is 6.07 Å². The first-order valence-electron chi connectivity index (χ1n) is 9.46. The second kappa shape index (κ2) is 8.85. The third-order valence-electron chi connectivity index (χ3n) is 4.93. The minimum Gasteiger partial charge on any atom is -0.550 e. The Balaban J connectivity index is 1.32. The van der Waals surface area contributed by atoms with Crippen molar-refractivity contribution in [2.45, 2.75) is 43.6 Å². The first kappa shape index (κ1) is 19.7. The highest BCUT2D eigenvalue weighted by Crippen LogP contribution is 2.29. The molecule has 0 aromatic carbocycles. The summed E-state index contributed by atoms with van der Waals surface area (Å²) < 4.78 is 11.7. The number of carbonyl (C=O) groups excluding carboxylic acids is 2. The number of nitrogens with one attached hydrogen (secondary N) is 2. The highest BCUT2D eigenvalue weighted by Gasteiger charge is 2.48. The van der Waals surface area contributed by atoms with Crippen molar-refractivity contribution in [1.29, 1.82) is 0 Å². The van der Waals surface area contributed by atoms with E-state index in [0.717, 1.165) is 10.6 Å². The Labute approximate surface area is 171 Å². The Morgan fingerprint density at radius 3 is 2.72 bits per heavy atom. The van der Waals surface area contributed by atoms with Gasteiger partial charge in [-0.05, 0) is 30.4 Å².